The molecule has 0 radical (unpaired) electrons. The molecule has 25 heavy (non-hydrogen) atoms. The molecular formula is C19H19F2NO3. The second-order valence-electron chi connectivity index (χ2n) is 6.25. The fourth-order valence-electron chi connectivity index (χ4n) is 2.90. The van der Waals surface area contributed by atoms with Gasteiger partial charge in [0, 0.05) is 17.5 Å². The molecule has 132 valence electrons. The lowest BCUT2D eigenvalue weighted by Gasteiger charge is -2.31. The van der Waals surface area contributed by atoms with Crippen molar-refractivity contribution < 1.29 is 23.4 Å². The van der Waals surface area contributed by atoms with E-state index in [1.807, 2.05) is 6.07 Å². The number of hydrogen-bond acceptors (Lipinski definition) is 3. The quantitative estimate of drug-likeness (QED) is 0.894. The van der Waals surface area contributed by atoms with Gasteiger partial charge in [-0.3, -0.25) is 4.79 Å². The van der Waals surface area contributed by atoms with Crippen LogP contribution in [0, 0.1) is 17.6 Å². The maximum atomic E-state index is 13.7. The van der Waals surface area contributed by atoms with Crippen molar-refractivity contribution in [3.05, 3.63) is 65.2 Å². The number of nitrogens with one attached hydrogen (secondary N) is 1. The molecule has 0 saturated carbocycles. The van der Waals surface area contributed by atoms with Gasteiger partial charge in [0.25, 0.3) is 0 Å². The first-order chi connectivity index (χ1) is 12.0. The smallest absolute Gasteiger partial charge is 0.223 e. The Balaban J connectivity index is 1.64. The molecule has 0 saturated heterocycles. The van der Waals surface area contributed by atoms with Gasteiger partial charge in [-0.25, -0.2) is 8.78 Å². The van der Waals surface area contributed by atoms with Gasteiger partial charge in [-0.1, -0.05) is 31.2 Å². The van der Waals surface area contributed by atoms with E-state index in [0.29, 0.717) is 11.3 Å². The van der Waals surface area contributed by atoms with Crippen LogP contribution in [0.4, 0.5) is 8.78 Å². The van der Waals surface area contributed by atoms with Gasteiger partial charge in [0.1, 0.15) is 30.1 Å². The second kappa shape index (κ2) is 7.19. The normalized spacial score (nSPS) is 20.3. The van der Waals surface area contributed by atoms with Crippen molar-refractivity contribution in [3.63, 3.8) is 0 Å². The number of hydrogen-bond donors (Lipinski definition) is 2. The molecule has 2 aromatic rings. The van der Waals surface area contributed by atoms with Crippen molar-refractivity contribution in [2.75, 3.05) is 6.61 Å². The Morgan fingerprint density at radius 3 is 2.84 bits per heavy atom. The highest BCUT2D eigenvalue weighted by Crippen LogP contribution is 2.31. The highest BCUT2D eigenvalue weighted by Gasteiger charge is 2.31. The number of aliphatic hydroxyl groups excluding tert-OH is 1. The van der Waals surface area contributed by atoms with Crippen molar-refractivity contribution in [2.45, 2.75) is 25.5 Å². The minimum Gasteiger partial charge on any atom is -0.491 e. The molecular weight excluding hydrogens is 328 g/mol. The topological polar surface area (TPSA) is 58.6 Å². The Kier molecular flexibility index (Phi) is 4.99. The van der Waals surface area contributed by atoms with Crippen molar-refractivity contribution >= 4 is 5.91 Å². The Bertz CT molecular complexity index is 781. The zero-order chi connectivity index (χ0) is 18.0. The van der Waals surface area contributed by atoms with Gasteiger partial charge in [-0.05, 0) is 24.1 Å². The van der Waals surface area contributed by atoms with Gasteiger partial charge in [0.05, 0.1) is 6.04 Å². The average Bonchev–Trinajstić information content (AvgIpc) is 2.60. The zero-order valence-corrected chi connectivity index (χ0v) is 13.7. The molecule has 3 atom stereocenters. The van der Waals surface area contributed by atoms with E-state index in [9.17, 15) is 18.7 Å². The number of fused-ring (bicyclic) bond motifs is 1. The molecule has 0 bridgehead atoms. The monoisotopic (exact) mass is 347 g/mol. The van der Waals surface area contributed by atoms with Crippen LogP contribution >= 0.6 is 0 Å². The molecule has 6 heteroatoms. The van der Waals surface area contributed by atoms with Crippen LogP contribution in [0.3, 0.4) is 0 Å². The van der Waals surface area contributed by atoms with E-state index in [-0.39, 0.29) is 24.5 Å². The summed E-state index contributed by atoms with van der Waals surface area (Å²) >= 11 is 0. The lowest BCUT2D eigenvalue weighted by molar-refractivity contribution is -0.126. The number of rotatable bonds is 4. The average molecular weight is 347 g/mol. The predicted molar refractivity (Wildman–Crippen MR) is 88.1 cm³/mol. The fraction of sp³-hybridized carbons (Fsp3) is 0.316. The summed E-state index contributed by atoms with van der Waals surface area (Å²) in [7, 11) is 0. The Labute approximate surface area is 144 Å². The molecule has 0 spiro atoms. The molecule has 2 N–H and O–H groups in total. The minimum absolute atomic E-state index is 0.137. The number of carbonyl (C=O) groups excluding carboxylic acids is 1. The fourth-order valence-corrected chi connectivity index (χ4v) is 2.90. The molecule has 2 aromatic carbocycles. The van der Waals surface area contributed by atoms with Gasteiger partial charge in [0.15, 0.2) is 0 Å². The van der Waals surface area contributed by atoms with Crippen molar-refractivity contribution in [1.82, 2.24) is 5.32 Å². The Hall–Kier alpha value is -2.47. The first-order valence-electron chi connectivity index (χ1n) is 8.10. The van der Waals surface area contributed by atoms with Crippen LogP contribution in [0.25, 0.3) is 0 Å². The number of ether oxygens (including phenoxy) is 1. The van der Waals surface area contributed by atoms with Gasteiger partial charge in [0.2, 0.25) is 5.91 Å². The van der Waals surface area contributed by atoms with Crippen LogP contribution < -0.4 is 10.1 Å². The SMILES string of the molecule is CC(Cc1ccc(F)cc1F)C(=O)NC1COc2ccccc2C1O. The summed E-state index contributed by atoms with van der Waals surface area (Å²) in [6.45, 7) is 1.81. The number of para-hydroxylation sites is 1. The molecule has 4 nitrogen and oxygen atoms in total. The summed E-state index contributed by atoms with van der Waals surface area (Å²) < 4.78 is 32.2. The predicted octanol–water partition coefficient (Wildman–Crippen LogP) is 2.75. The summed E-state index contributed by atoms with van der Waals surface area (Å²) in [5.74, 6) is -1.59. The van der Waals surface area contributed by atoms with Crippen molar-refractivity contribution in [2.24, 2.45) is 5.92 Å². The number of carbonyl (C=O) groups is 1. The third kappa shape index (κ3) is 3.79. The molecule has 3 rings (SSSR count). The lowest BCUT2D eigenvalue weighted by Crippen LogP contribution is -2.47. The standard InChI is InChI=1S/C19H19F2NO3/c1-11(8-12-6-7-13(20)9-15(12)21)19(24)22-16-10-25-17-5-3-2-4-14(17)18(16)23/h2-7,9,11,16,18,23H,8,10H2,1H3,(H,22,24). The summed E-state index contributed by atoms with van der Waals surface area (Å²) in [4.78, 5) is 12.4. The largest absolute Gasteiger partial charge is 0.491 e. The highest BCUT2D eigenvalue weighted by molar-refractivity contribution is 5.79. The van der Waals surface area contributed by atoms with Gasteiger partial charge < -0.3 is 15.2 Å². The van der Waals surface area contributed by atoms with Crippen LogP contribution in [-0.2, 0) is 11.2 Å². The zero-order valence-electron chi connectivity index (χ0n) is 13.7. The molecule has 1 aliphatic rings. The van der Waals surface area contributed by atoms with E-state index >= 15 is 0 Å². The summed E-state index contributed by atoms with van der Waals surface area (Å²) in [6, 6.07) is 9.83. The Morgan fingerprint density at radius 1 is 1.32 bits per heavy atom. The van der Waals surface area contributed by atoms with Crippen molar-refractivity contribution in [1.29, 1.82) is 0 Å². The van der Waals surface area contributed by atoms with E-state index in [2.05, 4.69) is 5.32 Å². The van der Waals surface area contributed by atoms with Gasteiger partial charge in [-0.2, -0.15) is 0 Å². The molecule has 1 aliphatic heterocycles. The lowest BCUT2D eigenvalue weighted by atomic mass is 9.96. The van der Waals surface area contributed by atoms with Gasteiger partial charge in [-0.15, -0.1) is 0 Å². The molecule has 1 amide bonds. The van der Waals surface area contributed by atoms with Crippen LogP contribution in [-0.4, -0.2) is 23.7 Å². The summed E-state index contributed by atoms with van der Waals surface area (Å²) in [6.07, 6.45) is -0.735. The molecule has 3 unspecified atom stereocenters. The maximum Gasteiger partial charge on any atom is 0.223 e. The summed E-state index contributed by atoms with van der Waals surface area (Å²) in [5.41, 5.74) is 0.895. The van der Waals surface area contributed by atoms with E-state index < -0.39 is 29.7 Å². The first kappa shape index (κ1) is 17.4. The van der Waals surface area contributed by atoms with E-state index in [1.165, 1.54) is 12.1 Å². The third-order valence-corrected chi connectivity index (χ3v) is 4.35. The molecule has 0 aliphatic carbocycles. The number of aliphatic hydroxyl groups is 1. The second-order valence-corrected chi connectivity index (χ2v) is 6.25. The minimum atomic E-state index is -0.872. The number of halogens is 2. The molecule has 0 fully saturated rings. The maximum absolute atomic E-state index is 13.7. The summed E-state index contributed by atoms with van der Waals surface area (Å²) in [5, 5.41) is 13.2. The Morgan fingerprint density at radius 2 is 2.08 bits per heavy atom. The van der Waals surface area contributed by atoms with E-state index in [0.717, 1.165) is 6.07 Å². The third-order valence-electron chi connectivity index (χ3n) is 4.35. The van der Waals surface area contributed by atoms with Crippen LogP contribution in [0.2, 0.25) is 0 Å². The molecule has 1 heterocycles. The van der Waals surface area contributed by atoms with Crippen molar-refractivity contribution in [3.8, 4) is 5.75 Å². The van der Waals surface area contributed by atoms with Crippen LogP contribution in [0.1, 0.15) is 24.2 Å². The number of benzene rings is 2. The first-order valence-corrected chi connectivity index (χ1v) is 8.10. The van der Waals surface area contributed by atoms with Crippen LogP contribution in [0.5, 0.6) is 5.75 Å². The highest BCUT2D eigenvalue weighted by atomic mass is 19.1. The molecule has 0 aromatic heterocycles. The van der Waals surface area contributed by atoms with Gasteiger partial charge >= 0.3 is 0 Å². The van der Waals surface area contributed by atoms with E-state index in [4.69, 9.17) is 4.74 Å². The number of amides is 1. The van der Waals surface area contributed by atoms with E-state index in [1.54, 1.807) is 25.1 Å². The van der Waals surface area contributed by atoms with Crippen LogP contribution in [0.15, 0.2) is 42.5 Å².